The van der Waals surface area contributed by atoms with Crippen molar-refractivity contribution in [3.05, 3.63) is 23.5 Å². The number of ketones is 1. The Morgan fingerprint density at radius 1 is 1.25 bits per heavy atom. The number of Topliss-reactive ketones (excluding diaryl/α,β-unsaturated/α-hetero) is 1. The number of pyridine rings is 1. The molecule has 2 N–H and O–H groups in total. The van der Waals surface area contributed by atoms with Gasteiger partial charge in [0.15, 0.2) is 11.9 Å². The molecule has 1 unspecified atom stereocenters. The summed E-state index contributed by atoms with van der Waals surface area (Å²) >= 11 is 0. The molecule has 28 heavy (non-hydrogen) atoms. The van der Waals surface area contributed by atoms with Crippen LogP contribution in [0.1, 0.15) is 74.3 Å². The second-order valence-corrected chi connectivity index (χ2v) is 8.35. The molecule has 2 fully saturated rings. The van der Waals surface area contributed by atoms with Crippen molar-refractivity contribution in [3.8, 4) is 5.75 Å². The topological polar surface area (TPSA) is 82.3 Å². The van der Waals surface area contributed by atoms with Crippen molar-refractivity contribution < 1.29 is 27.5 Å². The summed E-state index contributed by atoms with van der Waals surface area (Å²) in [7, 11) is 0. The zero-order valence-corrected chi connectivity index (χ0v) is 16.0. The number of ether oxygens (including phenoxy) is 1. The molecule has 0 bridgehead atoms. The summed E-state index contributed by atoms with van der Waals surface area (Å²) in [4.78, 5) is 28.4. The van der Waals surface area contributed by atoms with E-state index >= 15 is 0 Å². The van der Waals surface area contributed by atoms with Crippen LogP contribution in [0, 0.1) is 11.3 Å². The summed E-state index contributed by atoms with van der Waals surface area (Å²) in [5.41, 5.74) is 5.46. The monoisotopic (exact) mass is 398 g/mol. The lowest BCUT2D eigenvalue weighted by atomic mass is 9.76. The Kier molecular flexibility index (Phi) is 5.42. The highest BCUT2D eigenvalue weighted by atomic mass is 19.4. The Hall–Kier alpha value is -2.12. The maximum atomic E-state index is 12.9. The van der Waals surface area contributed by atoms with Crippen molar-refractivity contribution in [2.75, 3.05) is 0 Å². The fraction of sp³-hybridized carbons (Fsp3) is 0.650. The zero-order valence-electron chi connectivity index (χ0n) is 16.0. The smallest absolute Gasteiger partial charge is 0.425 e. The van der Waals surface area contributed by atoms with Crippen LogP contribution in [0.25, 0.3) is 0 Å². The highest BCUT2D eigenvalue weighted by molar-refractivity contribution is 5.95. The summed E-state index contributed by atoms with van der Waals surface area (Å²) in [6.07, 6.45) is -1.27. The normalized spacial score (nSPS) is 20.3. The van der Waals surface area contributed by atoms with Crippen molar-refractivity contribution in [2.45, 2.75) is 70.6 Å². The molecule has 154 valence electrons. The minimum absolute atomic E-state index is 0.0603. The molecule has 2 aliphatic carbocycles. The molecule has 1 amide bonds. The summed E-state index contributed by atoms with van der Waals surface area (Å²) in [6.45, 7) is 2.80. The number of hydrogen-bond donors (Lipinski definition) is 1. The van der Waals surface area contributed by atoms with Gasteiger partial charge in [-0.25, -0.2) is 0 Å². The predicted octanol–water partition coefficient (Wildman–Crippen LogP) is 4.15. The number of hydrogen-bond acceptors (Lipinski definition) is 4. The zero-order chi connectivity index (χ0) is 20.7. The maximum Gasteiger partial charge on any atom is 0.425 e. The molecule has 3 rings (SSSR count). The van der Waals surface area contributed by atoms with Gasteiger partial charge in [0.25, 0.3) is 0 Å². The Balaban J connectivity index is 1.82. The first kappa shape index (κ1) is 20.6. The largest absolute Gasteiger partial charge is 0.481 e. The number of halogens is 3. The third-order valence-electron chi connectivity index (χ3n) is 5.67. The lowest BCUT2D eigenvalue weighted by Crippen LogP contribution is -2.32. The lowest BCUT2D eigenvalue weighted by Gasteiger charge is -2.27. The molecule has 2 atom stereocenters. The van der Waals surface area contributed by atoms with Gasteiger partial charge in [-0.05, 0) is 49.9 Å². The van der Waals surface area contributed by atoms with E-state index < -0.39 is 23.6 Å². The fourth-order valence-corrected chi connectivity index (χ4v) is 3.65. The van der Waals surface area contributed by atoms with Gasteiger partial charge in [0.1, 0.15) is 11.4 Å². The average Bonchev–Trinajstić information content (AvgIpc) is 3.46. The number of primary amides is 1. The molecule has 0 spiro atoms. The number of nitrogens with two attached hydrogens (primary N) is 1. The van der Waals surface area contributed by atoms with Crippen LogP contribution in [0.4, 0.5) is 13.2 Å². The minimum Gasteiger partial charge on any atom is -0.481 e. The summed E-state index contributed by atoms with van der Waals surface area (Å²) < 4.78 is 44.0. The molecule has 2 aliphatic rings. The van der Waals surface area contributed by atoms with Crippen LogP contribution in [-0.2, 0) is 4.79 Å². The van der Waals surface area contributed by atoms with Gasteiger partial charge in [0.2, 0.25) is 5.91 Å². The van der Waals surface area contributed by atoms with Crippen molar-refractivity contribution in [1.29, 1.82) is 0 Å². The van der Waals surface area contributed by atoms with E-state index in [0.29, 0.717) is 5.56 Å². The van der Waals surface area contributed by atoms with Gasteiger partial charge >= 0.3 is 6.18 Å². The number of carbonyl (C=O) groups is 2. The molecule has 5 nitrogen and oxygen atoms in total. The summed E-state index contributed by atoms with van der Waals surface area (Å²) in [5.74, 6) is -0.354. The first-order valence-electron chi connectivity index (χ1n) is 9.54. The second-order valence-electron chi connectivity index (χ2n) is 8.35. The molecule has 0 saturated heterocycles. The standard InChI is InChI=1S/C20H25F3N2O3/c1-11(20(21,22)23)28-17-7-15(25-10-14(17)12-3-4-12)16(26)8-19(2,9-18(24)27)13-5-6-13/h7,10-13H,3-6,8-9H2,1-2H3,(H2,24,27)/t11-,19?/m0/s1. The molecule has 0 radical (unpaired) electrons. The molecule has 8 heteroatoms. The molecular formula is C20H25F3N2O3. The number of alkyl halides is 3. The van der Waals surface area contributed by atoms with Crippen LogP contribution >= 0.6 is 0 Å². The van der Waals surface area contributed by atoms with E-state index in [0.717, 1.165) is 32.6 Å². The molecule has 0 aliphatic heterocycles. The Labute approximate surface area is 161 Å². The van der Waals surface area contributed by atoms with E-state index in [1.54, 1.807) is 0 Å². The van der Waals surface area contributed by atoms with Crippen molar-refractivity contribution in [2.24, 2.45) is 17.1 Å². The maximum absolute atomic E-state index is 12.9. The third kappa shape index (κ3) is 4.83. The second kappa shape index (κ2) is 7.37. The molecular weight excluding hydrogens is 373 g/mol. The van der Waals surface area contributed by atoms with E-state index in [1.807, 2.05) is 6.92 Å². The fourth-order valence-electron chi connectivity index (χ4n) is 3.65. The Bertz CT molecular complexity index is 772. The molecule has 2 saturated carbocycles. The number of nitrogens with zero attached hydrogens (tertiary/aromatic N) is 1. The van der Waals surface area contributed by atoms with E-state index in [-0.39, 0.29) is 41.9 Å². The Morgan fingerprint density at radius 2 is 1.89 bits per heavy atom. The van der Waals surface area contributed by atoms with E-state index in [4.69, 9.17) is 10.5 Å². The predicted molar refractivity (Wildman–Crippen MR) is 95.9 cm³/mol. The van der Waals surface area contributed by atoms with Gasteiger partial charge in [-0.2, -0.15) is 13.2 Å². The first-order valence-corrected chi connectivity index (χ1v) is 9.54. The summed E-state index contributed by atoms with van der Waals surface area (Å²) in [6, 6.07) is 1.32. The van der Waals surface area contributed by atoms with Crippen LogP contribution in [0.15, 0.2) is 12.3 Å². The van der Waals surface area contributed by atoms with Gasteiger partial charge in [0, 0.05) is 30.7 Å². The van der Waals surface area contributed by atoms with Crippen LogP contribution in [0.5, 0.6) is 5.75 Å². The summed E-state index contributed by atoms with van der Waals surface area (Å²) in [5, 5.41) is 0. The van der Waals surface area contributed by atoms with Crippen molar-refractivity contribution >= 4 is 11.7 Å². The quantitative estimate of drug-likeness (QED) is 0.634. The Morgan fingerprint density at radius 3 is 2.39 bits per heavy atom. The first-order chi connectivity index (χ1) is 13.0. The number of rotatable bonds is 9. The molecule has 1 aromatic heterocycles. The van der Waals surface area contributed by atoms with Crippen LogP contribution in [-0.4, -0.2) is 29.0 Å². The lowest BCUT2D eigenvalue weighted by molar-refractivity contribution is -0.189. The number of carbonyl (C=O) groups excluding carboxylic acids is 2. The molecule has 1 aromatic rings. The SMILES string of the molecule is C[C@H](Oc1cc(C(=O)CC(C)(CC(N)=O)C2CC2)ncc1C1CC1)C(F)(F)F. The van der Waals surface area contributed by atoms with Gasteiger partial charge in [-0.3, -0.25) is 14.6 Å². The van der Waals surface area contributed by atoms with Gasteiger partial charge in [-0.15, -0.1) is 0 Å². The average molecular weight is 398 g/mol. The van der Waals surface area contributed by atoms with Crippen LogP contribution < -0.4 is 10.5 Å². The van der Waals surface area contributed by atoms with E-state index in [1.165, 1.54) is 12.3 Å². The molecule has 0 aromatic carbocycles. The van der Waals surface area contributed by atoms with Gasteiger partial charge < -0.3 is 10.5 Å². The van der Waals surface area contributed by atoms with Crippen LogP contribution in [0.3, 0.4) is 0 Å². The third-order valence-corrected chi connectivity index (χ3v) is 5.67. The number of aromatic nitrogens is 1. The van der Waals surface area contributed by atoms with Gasteiger partial charge in [-0.1, -0.05) is 6.92 Å². The van der Waals surface area contributed by atoms with E-state index in [9.17, 15) is 22.8 Å². The van der Waals surface area contributed by atoms with Crippen molar-refractivity contribution in [3.63, 3.8) is 0 Å². The minimum atomic E-state index is -4.50. The van der Waals surface area contributed by atoms with E-state index in [2.05, 4.69) is 4.98 Å². The molecule has 1 heterocycles. The number of amides is 1. The highest BCUT2D eigenvalue weighted by Gasteiger charge is 2.44. The van der Waals surface area contributed by atoms with Crippen LogP contribution in [0.2, 0.25) is 0 Å². The van der Waals surface area contributed by atoms with Gasteiger partial charge in [0.05, 0.1) is 0 Å². The van der Waals surface area contributed by atoms with Crippen molar-refractivity contribution in [1.82, 2.24) is 4.98 Å². The highest BCUT2D eigenvalue weighted by Crippen LogP contribution is 2.50.